The van der Waals surface area contributed by atoms with Crippen molar-refractivity contribution in [3.63, 3.8) is 0 Å². The minimum absolute atomic E-state index is 0.206. The highest BCUT2D eigenvalue weighted by molar-refractivity contribution is 7.09. The van der Waals surface area contributed by atoms with Gasteiger partial charge >= 0.3 is 0 Å². The SMILES string of the molecule is CNCc1nc(-c2ccc(OC(C)C)cc2)cs1. The van der Waals surface area contributed by atoms with Crippen molar-refractivity contribution in [2.24, 2.45) is 0 Å². The maximum Gasteiger partial charge on any atom is 0.119 e. The Morgan fingerprint density at radius 1 is 1.28 bits per heavy atom. The van der Waals surface area contributed by atoms with E-state index in [2.05, 4.69) is 27.8 Å². The van der Waals surface area contributed by atoms with Gasteiger partial charge in [-0.1, -0.05) is 0 Å². The topological polar surface area (TPSA) is 34.2 Å². The fourth-order valence-electron chi connectivity index (χ4n) is 1.65. The second-order valence-corrected chi connectivity index (χ2v) is 5.29. The second kappa shape index (κ2) is 5.98. The van der Waals surface area contributed by atoms with E-state index < -0.39 is 0 Å². The predicted molar refractivity (Wildman–Crippen MR) is 76.1 cm³/mol. The van der Waals surface area contributed by atoms with Crippen molar-refractivity contribution in [3.05, 3.63) is 34.7 Å². The first-order valence-electron chi connectivity index (χ1n) is 6.05. The fourth-order valence-corrected chi connectivity index (χ4v) is 2.47. The molecule has 0 aliphatic rings. The molecule has 0 radical (unpaired) electrons. The number of nitrogens with zero attached hydrogens (tertiary/aromatic N) is 1. The van der Waals surface area contributed by atoms with Crippen LogP contribution in [0.25, 0.3) is 11.3 Å². The van der Waals surface area contributed by atoms with Crippen LogP contribution in [-0.2, 0) is 6.54 Å². The fraction of sp³-hybridized carbons (Fsp3) is 0.357. The monoisotopic (exact) mass is 262 g/mol. The van der Waals surface area contributed by atoms with Crippen LogP contribution in [0.4, 0.5) is 0 Å². The minimum Gasteiger partial charge on any atom is -0.491 e. The van der Waals surface area contributed by atoms with Crippen LogP contribution in [0, 0.1) is 0 Å². The van der Waals surface area contributed by atoms with Gasteiger partial charge in [-0.25, -0.2) is 4.98 Å². The van der Waals surface area contributed by atoms with Crippen molar-refractivity contribution < 1.29 is 4.74 Å². The van der Waals surface area contributed by atoms with Gasteiger partial charge in [0.15, 0.2) is 0 Å². The van der Waals surface area contributed by atoms with E-state index in [1.54, 1.807) is 11.3 Å². The van der Waals surface area contributed by atoms with Gasteiger partial charge < -0.3 is 10.1 Å². The molecule has 0 saturated carbocycles. The smallest absolute Gasteiger partial charge is 0.119 e. The van der Waals surface area contributed by atoms with Gasteiger partial charge in [-0.3, -0.25) is 0 Å². The van der Waals surface area contributed by atoms with Gasteiger partial charge in [-0.2, -0.15) is 0 Å². The Kier molecular flexibility index (Phi) is 4.33. The molecule has 0 bridgehead atoms. The number of rotatable bonds is 5. The number of benzene rings is 1. The van der Waals surface area contributed by atoms with Crippen molar-refractivity contribution in [3.8, 4) is 17.0 Å². The highest BCUT2D eigenvalue weighted by Crippen LogP contribution is 2.24. The van der Waals surface area contributed by atoms with Crippen molar-refractivity contribution in [1.82, 2.24) is 10.3 Å². The lowest BCUT2D eigenvalue weighted by atomic mass is 10.2. The summed E-state index contributed by atoms with van der Waals surface area (Å²) in [5.41, 5.74) is 2.16. The molecule has 0 atom stereocenters. The van der Waals surface area contributed by atoms with Crippen molar-refractivity contribution in [1.29, 1.82) is 0 Å². The molecule has 0 fully saturated rings. The Labute approximate surface area is 112 Å². The van der Waals surface area contributed by atoms with Crippen LogP contribution >= 0.6 is 11.3 Å². The standard InChI is InChI=1S/C14H18N2OS/c1-10(2)17-12-6-4-11(5-7-12)13-9-18-14(16-13)8-15-3/h4-7,9-10,15H,8H2,1-3H3. The number of thiazole rings is 1. The van der Waals surface area contributed by atoms with Gasteiger partial charge in [0.25, 0.3) is 0 Å². The molecule has 1 N–H and O–H groups in total. The molecule has 1 aromatic heterocycles. The molecule has 0 aliphatic heterocycles. The molecular formula is C14H18N2OS. The Morgan fingerprint density at radius 3 is 2.61 bits per heavy atom. The molecule has 0 aliphatic carbocycles. The zero-order valence-electron chi connectivity index (χ0n) is 10.9. The van der Waals surface area contributed by atoms with Crippen LogP contribution in [0.5, 0.6) is 5.75 Å². The number of nitrogens with one attached hydrogen (secondary N) is 1. The first kappa shape index (κ1) is 13.1. The zero-order chi connectivity index (χ0) is 13.0. The van der Waals surface area contributed by atoms with Gasteiger partial charge in [-0.15, -0.1) is 11.3 Å². The normalized spacial score (nSPS) is 10.9. The van der Waals surface area contributed by atoms with Crippen molar-refractivity contribution in [2.45, 2.75) is 26.5 Å². The zero-order valence-corrected chi connectivity index (χ0v) is 11.8. The van der Waals surface area contributed by atoms with Gasteiger partial charge in [-0.05, 0) is 45.2 Å². The summed E-state index contributed by atoms with van der Waals surface area (Å²) in [4.78, 5) is 4.58. The molecule has 18 heavy (non-hydrogen) atoms. The van der Waals surface area contributed by atoms with E-state index in [1.165, 1.54) is 0 Å². The van der Waals surface area contributed by atoms with Gasteiger partial charge in [0.1, 0.15) is 10.8 Å². The molecule has 2 aromatic rings. The third-order valence-electron chi connectivity index (χ3n) is 2.40. The Bertz CT molecular complexity index is 491. The lowest BCUT2D eigenvalue weighted by molar-refractivity contribution is 0.242. The van der Waals surface area contributed by atoms with E-state index in [-0.39, 0.29) is 6.10 Å². The molecule has 3 nitrogen and oxygen atoms in total. The van der Waals surface area contributed by atoms with Gasteiger partial charge in [0.2, 0.25) is 0 Å². The lowest BCUT2D eigenvalue weighted by Gasteiger charge is -2.09. The quantitative estimate of drug-likeness (QED) is 0.897. The first-order valence-corrected chi connectivity index (χ1v) is 6.93. The van der Waals surface area contributed by atoms with Crippen molar-refractivity contribution >= 4 is 11.3 Å². The Morgan fingerprint density at radius 2 is 2.00 bits per heavy atom. The largest absolute Gasteiger partial charge is 0.491 e. The molecule has 0 saturated heterocycles. The third-order valence-corrected chi connectivity index (χ3v) is 3.25. The molecule has 96 valence electrons. The summed E-state index contributed by atoms with van der Waals surface area (Å²) < 4.78 is 5.62. The van der Waals surface area contributed by atoms with Gasteiger partial charge in [0.05, 0.1) is 11.8 Å². The van der Waals surface area contributed by atoms with Crippen LogP contribution in [0.3, 0.4) is 0 Å². The average molecular weight is 262 g/mol. The Hall–Kier alpha value is -1.39. The van der Waals surface area contributed by atoms with Crippen molar-refractivity contribution in [2.75, 3.05) is 7.05 Å². The first-order chi connectivity index (χ1) is 8.69. The maximum absolute atomic E-state index is 5.62. The molecule has 1 heterocycles. The summed E-state index contributed by atoms with van der Waals surface area (Å²) in [6.07, 6.45) is 0.206. The highest BCUT2D eigenvalue weighted by Gasteiger charge is 2.04. The van der Waals surface area contributed by atoms with E-state index in [0.717, 1.165) is 28.6 Å². The third kappa shape index (κ3) is 3.31. The van der Waals surface area contributed by atoms with Crippen LogP contribution in [0.15, 0.2) is 29.6 Å². The van der Waals surface area contributed by atoms with E-state index >= 15 is 0 Å². The maximum atomic E-state index is 5.62. The number of aromatic nitrogens is 1. The minimum atomic E-state index is 0.206. The summed E-state index contributed by atoms with van der Waals surface area (Å²) >= 11 is 1.68. The number of ether oxygens (including phenoxy) is 1. The Balaban J connectivity index is 2.12. The summed E-state index contributed by atoms with van der Waals surface area (Å²) in [6.45, 7) is 4.87. The lowest BCUT2D eigenvalue weighted by Crippen LogP contribution is -2.05. The molecule has 0 spiro atoms. The molecule has 0 amide bonds. The van der Waals surface area contributed by atoms with E-state index in [1.807, 2.05) is 33.0 Å². The summed E-state index contributed by atoms with van der Waals surface area (Å²) in [6, 6.07) is 8.09. The second-order valence-electron chi connectivity index (χ2n) is 4.35. The van der Waals surface area contributed by atoms with Crippen LogP contribution < -0.4 is 10.1 Å². The van der Waals surface area contributed by atoms with Crippen LogP contribution in [-0.4, -0.2) is 18.1 Å². The molecule has 2 rings (SSSR count). The van der Waals surface area contributed by atoms with Crippen LogP contribution in [0.1, 0.15) is 18.9 Å². The predicted octanol–water partition coefficient (Wildman–Crippen LogP) is 3.32. The number of hydrogen-bond donors (Lipinski definition) is 1. The molecule has 0 unspecified atom stereocenters. The van der Waals surface area contributed by atoms with Crippen LogP contribution in [0.2, 0.25) is 0 Å². The van der Waals surface area contributed by atoms with E-state index in [0.29, 0.717) is 0 Å². The summed E-state index contributed by atoms with van der Waals surface area (Å²) in [5, 5.41) is 6.30. The highest BCUT2D eigenvalue weighted by atomic mass is 32.1. The number of hydrogen-bond acceptors (Lipinski definition) is 4. The summed E-state index contributed by atoms with van der Waals surface area (Å²) in [7, 11) is 1.93. The molecular weight excluding hydrogens is 244 g/mol. The molecule has 1 aromatic carbocycles. The summed E-state index contributed by atoms with van der Waals surface area (Å²) in [5.74, 6) is 0.902. The van der Waals surface area contributed by atoms with Gasteiger partial charge in [0, 0.05) is 17.5 Å². The van der Waals surface area contributed by atoms with E-state index in [9.17, 15) is 0 Å². The van der Waals surface area contributed by atoms with E-state index in [4.69, 9.17) is 4.74 Å². The average Bonchev–Trinajstić information content (AvgIpc) is 2.78. The molecule has 4 heteroatoms.